The third kappa shape index (κ3) is 6.37. The molecule has 1 saturated carbocycles. The molecule has 216 valence electrons. The molecule has 3 heterocycles. The summed E-state index contributed by atoms with van der Waals surface area (Å²) >= 11 is 0. The quantitative estimate of drug-likeness (QED) is 0.282. The van der Waals surface area contributed by atoms with Crippen LogP contribution < -0.4 is 9.64 Å². The zero-order chi connectivity index (χ0) is 29.3. The van der Waals surface area contributed by atoms with Gasteiger partial charge >= 0.3 is 5.97 Å². The molecule has 5 rings (SSSR count). The Labute approximate surface area is 241 Å². The highest BCUT2D eigenvalue weighted by Gasteiger charge is 2.33. The van der Waals surface area contributed by atoms with Crippen molar-refractivity contribution in [2.75, 3.05) is 31.1 Å². The predicted octanol–water partition coefficient (Wildman–Crippen LogP) is 5.26. The third-order valence-electron chi connectivity index (χ3n) is 8.17. The summed E-state index contributed by atoms with van der Waals surface area (Å²) in [5.41, 5.74) is 4.62. The van der Waals surface area contributed by atoms with E-state index in [9.17, 15) is 14.9 Å². The zero-order valence-corrected chi connectivity index (χ0v) is 24.2. The molecule has 1 aromatic carbocycles. The molecule has 9 heteroatoms. The average molecular weight is 558 g/mol. The highest BCUT2D eigenvalue weighted by molar-refractivity contribution is 6.05. The van der Waals surface area contributed by atoms with Crippen LogP contribution in [-0.4, -0.2) is 58.8 Å². The Balaban J connectivity index is 1.41. The largest absolute Gasteiger partial charge is 0.491 e. The summed E-state index contributed by atoms with van der Waals surface area (Å²) in [6, 6.07) is 10.3. The van der Waals surface area contributed by atoms with Crippen LogP contribution in [-0.2, 0) is 16.8 Å². The maximum absolute atomic E-state index is 13.8. The van der Waals surface area contributed by atoms with Crippen molar-refractivity contribution in [1.82, 2.24) is 9.88 Å². The molecule has 0 amide bonds. The third-order valence-corrected chi connectivity index (χ3v) is 8.17. The van der Waals surface area contributed by atoms with Crippen LogP contribution in [0.3, 0.4) is 0 Å². The van der Waals surface area contributed by atoms with Gasteiger partial charge in [0, 0.05) is 54.4 Å². The van der Waals surface area contributed by atoms with Gasteiger partial charge in [-0.2, -0.15) is 5.26 Å². The van der Waals surface area contributed by atoms with Crippen LogP contribution in [0.25, 0.3) is 0 Å². The van der Waals surface area contributed by atoms with Crippen LogP contribution >= 0.6 is 0 Å². The molecule has 2 N–H and O–H groups in total. The number of hydrogen-bond acceptors (Lipinski definition) is 7. The normalized spacial score (nSPS) is 18.4. The molecule has 0 bridgehead atoms. The fourth-order valence-electron chi connectivity index (χ4n) is 5.63. The van der Waals surface area contributed by atoms with Crippen LogP contribution in [0, 0.1) is 22.7 Å². The van der Waals surface area contributed by atoms with Gasteiger partial charge in [-0.05, 0) is 55.7 Å². The standard InChI is InChI=1S/C32H39N5O4/c1-32(2,3)24-14-23(27(38)19-37-18-22-9-10-25(21-7-8-21)35-29(22)31(37)34)15-26(36-12-11-20(16-33)17-36)30(24)41-13-5-4-6-28(39)40/h9-10,14-15,20-21,34H,4-8,11-13,17-19H2,1-3H3,(H,39,40). The van der Waals surface area contributed by atoms with E-state index in [2.05, 4.69) is 37.8 Å². The Bertz CT molecular complexity index is 1400. The number of benzene rings is 1. The van der Waals surface area contributed by atoms with Gasteiger partial charge in [0.25, 0.3) is 0 Å². The number of pyridine rings is 1. The number of carbonyl (C=O) groups excluding carboxylic acids is 1. The molecule has 2 aromatic rings. The number of ether oxygens (including phenoxy) is 1. The number of carboxylic acid groups (broad SMARTS) is 1. The fourth-order valence-corrected chi connectivity index (χ4v) is 5.63. The summed E-state index contributed by atoms with van der Waals surface area (Å²) < 4.78 is 6.34. The second-order valence-corrected chi connectivity index (χ2v) is 12.5. The molecule has 2 aliphatic heterocycles. The molecule has 41 heavy (non-hydrogen) atoms. The van der Waals surface area contributed by atoms with Gasteiger partial charge in [0.05, 0.1) is 30.8 Å². The summed E-state index contributed by atoms with van der Waals surface area (Å²) in [6.45, 7) is 8.42. The Kier molecular flexibility index (Phi) is 8.03. The highest BCUT2D eigenvalue weighted by Crippen LogP contribution is 2.43. The lowest BCUT2D eigenvalue weighted by molar-refractivity contribution is -0.137. The van der Waals surface area contributed by atoms with E-state index in [0.717, 1.165) is 41.8 Å². The van der Waals surface area contributed by atoms with Crippen LogP contribution in [0.15, 0.2) is 24.3 Å². The molecular formula is C32H39N5O4. The van der Waals surface area contributed by atoms with E-state index in [4.69, 9.17) is 20.2 Å². The number of rotatable bonds is 11. The maximum atomic E-state index is 13.8. The first-order valence-electron chi connectivity index (χ1n) is 14.6. The topological polar surface area (TPSA) is 131 Å². The molecular weight excluding hydrogens is 518 g/mol. The molecule has 3 aliphatic rings. The summed E-state index contributed by atoms with van der Waals surface area (Å²) in [5.74, 6) is 0.498. The number of carbonyl (C=O) groups is 2. The first-order valence-corrected chi connectivity index (χ1v) is 14.6. The second kappa shape index (κ2) is 11.5. The van der Waals surface area contributed by atoms with Crippen molar-refractivity contribution >= 4 is 23.3 Å². The van der Waals surface area contributed by atoms with Gasteiger partial charge < -0.3 is 19.6 Å². The summed E-state index contributed by atoms with van der Waals surface area (Å²) in [6.07, 6.45) is 4.26. The minimum Gasteiger partial charge on any atom is -0.491 e. The zero-order valence-electron chi connectivity index (χ0n) is 24.2. The van der Waals surface area contributed by atoms with Crippen molar-refractivity contribution in [3.63, 3.8) is 0 Å². The highest BCUT2D eigenvalue weighted by atomic mass is 16.5. The van der Waals surface area contributed by atoms with Gasteiger partial charge in [-0.1, -0.05) is 26.8 Å². The van der Waals surface area contributed by atoms with Crippen LogP contribution in [0.1, 0.15) is 98.1 Å². The van der Waals surface area contributed by atoms with E-state index in [-0.39, 0.29) is 30.1 Å². The molecule has 1 atom stereocenters. The van der Waals surface area contributed by atoms with Crippen molar-refractivity contribution in [3.8, 4) is 11.8 Å². The van der Waals surface area contributed by atoms with Crippen molar-refractivity contribution in [1.29, 1.82) is 10.7 Å². The SMILES string of the molecule is CC(C)(C)c1cc(C(=O)CN2Cc3ccc(C4CC4)nc3C2=N)cc(N2CCC(C#N)C2)c1OCCCCC(=O)O. The Hall–Kier alpha value is -3.93. The number of hydrogen-bond donors (Lipinski definition) is 2. The van der Waals surface area contributed by atoms with E-state index in [0.29, 0.717) is 67.8 Å². The number of Topliss-reactive ketones (excluding diaryl/α,β-unsaturated/α-hetero) is 1. The van der Waals surface area contributed by atoms with Gasteiger partial charge in [-0.15, -0.1) is 0 Å². The smallest absolute Gasteiger partial charge is 0.303 e. The summed E-state index contributed by atoms with van der Waals surface area (Å²) in [4.78, 5) is 33.4. The first kappa shape index (κ1) is 28.6. The van der Waals surface area contributed by atoms with Crippen LogP contribution in [0.2, 0.25) is 0 Å². The molecule has 1 unspecified atom stereocenters. The lowest BCUT2D eigenvalue weighted by Gasteiger charge is -2.30. The van der Waals surface area contributed by atoms with E-state index in [1.165, 1.54) is 0 Å². The van der Waals surface area contributed by atoms with Crippen LogP contribution in [0.5, 0.6) is 5.75 Å². The average Bonchev–Trinajstić information content (AvgIpc) is 3.59. The van der Waals surface area contributed by atoms with Crippen molar-refractivity contribution < 1.29 is 19.4 Å². The molecule has 1 aromatic heterocycles. The summed E-state index contributed by atoms with van der Waals surface area (Å²) in [5, 5.41) is 27.3. The second-order valence-electron chi connectivity index (χ2n) is 12.5. The fraction of sp³-hybridized carbons (Fsp3) is 0.531. The van der Waals surface area contributed by atoms with Crippen molar-refractivity contribution in [2.45, 2.75) is 77.2 Å². The number of unbranched alkanes of at least 4 members (excludes halogenated alkanes) is 1. The van der Waals surface area contributed by atoms with Gasteiger partial charge in [0.2, 0.25) is 0 Å². The monoisotopic (exact) mass is 557 g/mol. The molecule has 9 nitrogen and oxygen atoms in total. The van der Waals surface area contributed by atoms with Crippen LogP contribution in [0.4, 0.5) is 5.69 Å². The van der Waals surface area contributed by atoms with Gasteiger partial charge in [-0.3, -0.25) is 15.0 Å². The van der Waals surface area contributed by atoms with Crippen molar-refractivity contribution in [3.05, 3.63) is 52.3 Å². The molecule has 1 saturated heterocycles. The number of aliphatic carboxylic acids is 1. The van der Waals surface area contributed by atoms with E-state index >= 15 is 0 Å². The number of fused-ring (bicyclic) bond motifs is 1. The van der Waals surface area contributed by atoms with Gasteiger partial charge in [-0.25, -0.2) is 4.98 Å². The number of nitrogens with zero attached hydrogens (tertiary/aromatic N) is 4. The van der Waals surface area contributed by atoms with E-state index in [1.807, 2.05) is 18.2 Å². The molecule has 0 spiro atoms. The molecule has 1 aliphatic carbocycles. The number of ketones is 1. The molecule has 2 fully saturated rings. The maximum Gasteiger partial charge on any atom is 0.303 e. The number of nitriles is 1. The number of nitrogens with one attached hydrogen (secondary N) is 1. The Morgan fingerprint density at radius 2 is 1.98 bits per heavy atom. The summed E-state index contributed by atoms with van der Waals surface area (Å²) in [7, 11) is 0. The predicted molar refractivity (Wildman–Crippen MR) is 156 cm³/mol. The first-order chi connectivity index (χ1) is 19.5. The van der Waals surface area contributed by atoms with Crippen molar-refractivity contribution in [2.24, 2.45) is 5.92 Å². The number of anilines is 1. The van der Waals surface area contributed by atoms with E-state index in [1.54, 1.807) is 4.90 Å². The van der Waals surface area contributed by atoms with Gasteiger partial charge in [0.1, 0.15) is 17.3 Å². The Morgan fingerprint density at radius 1 is 1.20 bits per heavy atom. The van der Waals surface area contributed by atoms with E-state index < -0.39 is 5.97 Å². The number of aromatic nitrogens is 1. The lowest BCUT2D eigenvalue weighted by Crippen LogP contribution is -2.31. The number of amidine groups is 1. The minimum atomic E-state index is -0.822. The Morgan fingerprint density at radius 3 is 2.63 bits per heavy atom. The minimum absolute atomic E-state index is 0.0766. The van der Waals surface area contributed by atoms with Gasteiger partial charge in [0.15, 0.2) is 5.78 Å². The number of carboxylic acids is 1. The lowest BCUT2D eigenvalue weighted by atomic mass is 9.84. The molecule has 0 radical (unpaired) electrons.